The third-order valence-electron chi connectivity index (χ3n) is 4.62. The Morgan fingerprint density at radius 3 is 2.92 bits per heavy atom. The molecule has 7 nitrogen and oxygen atoms in total. The highest BCUT2D eigenvalue weighted by Crippen LogP contribution is 2.29. The lowest BCUT2D eigenvalue weighted by Gasteiger charge is -2.35. The number of hydrogen-bond donors (Lipinski definition) is 1. The summed E-state index contributed by atoms with van der Waals surface area (Å²) in [6.45, 7) is 4.49. The molecule has 2 aliphatic rings. The monoisotopic (exact) mass is 332 g/mol. The molecule has 0 bridgehead atoms. The van der Waals surface area contributed by atoms with Gasteiger partial charge in [-0.05, 0) is 32.0 Å². The van der Waals surface area contributed by atoms with Crippen molar-refractivity contribution in [3.63, 3.8) is 0 Å². The van der Waals surface area contributed by atoms with Crippen LogP contribution < -0.4 is 9.64 Å². The number of nitriles is 1. The van der Waals surface area contributed by atoms with Crippen molar-refractivity contribution < 1.29 is 14.6 Å². The van der Waals surface area contributed by atoms with Crippen LogP contribution in [-0.2, 0) is 4.74 Å². The first kappa shape index (κ1) is 17.0. The van der Waals surface area contributed by atoms with Gasteiger partial charge in [-0.3, -0.25) is 0 Å². The summed E-state index contributed by atoms with van der Waals surface area (Å²) in [6.07, 6.45) is 3.99. The molecule has 1 aromatic heterocycles. The third kappa shape index (κ3) is 3.61. The van der Waals surface area contributed by atoms with Crippen molar-refractivity contribution >= 4 is 5.69 Å². The minimum absolute atomic E-state index is 0.309. The predicted octanol–water partition coefficient (Wildman–Crippen LogP) is 0.625. The van der Waals surface area contributed by atoms with Crippen LogP contribution in [0.15, 0.2) is 12.3 Å². The summed E-state index contributed by atoms with van der Waals surface area (Å²) in [5, 5.41) is 20.6. The predicted molar refractivity (Wildman–Crippen MR) is 89.2 cm³/mol. The summed E-state index contributed by atoms with van der Waals surface area (Å²) in [5.74, 6) is 0.309. The van der Waals surface area contributed by atoms with E-state index in [0.29, 0.717) is 44.3 Å². The molecule has 130 valence electrons. The van der Waals surface area contributed by atoms with Crippen LogP contribution in [0.3, 0.4) is 0 Å². The number of pyridine rings is 1. The number of β-amino-alcohol motifs (C(OH)–C–C–N with tert-alkyl or cyclic N) is 1. The fourth-order valence-electron chi connectivity index (χ4n) is 3.53. The maximum absolute atomic E-state index is 11.1. The van der Waals surface area contributed by atoms with E-state index in [2.05, 4.69) is 16.0 Å². The Labute approximate surface area is 142 Å². The van der Waals surface area contributed by atoms with Gasteiger partial charge < -0.3 is 24.4 Å². The number of aromatic nitrogens is 1. The number of likely N-dealkylation sites (tertiary alicyclic amines) is 1. The molecular weight excluding hydrogens is 308 g/mol. The van der Waals surface area contributed by atoms with Gasteiger partial charge in [0.05, 0.1) is 32.6 Å². The third-order valence-corrected chi connectivity index (χ3v) is 4.62. The number of anilines is 1. The molecule has 2 aliphatic heterocycles. The van der Waals surface area contributed by atoms with Crippen LogP contribution in [0, 0.1) is 11.3 Å². The van der Waals surface area contributed by atoms with E-state index in [4.69, 9.17) is 9.47 Å². The molecule has 0 aromatic carbocycles. The Kier molecular flexibility index (Phi) is 5.19. The molecule has 1 atom stereocenters. The molecule has 0 radical (unpaired) electrons. The highest BCUT2D eigenvalue weighted by molar-refractivity contribution is 5.63. The van der Waals surface area contributed by atoms with Gasteiger partial charge in [-0.1, -0.05) is 0 Å². The van der Waals surface area contributed by atoms with Gasteiger partial charge >= 0.3 is 0 Å². The van der Waals surface area contributed by atoms with Gasteiger partial charge in [-0.15, -0.1) is 0 Å². The Morgan fingerprint density at radius 2 is 2.21 bits per heavy atom. The molecule has 2 fully saturated rings. The minimum Gasteiger partial charge on any atom is -0.480 e. The summed E-state index contributed by atoms with van der Waals surface area (Å²) in [5.41, 5.74) is 0.171. The summed E-state index contributed by atoms with van der Waals surface area (Å²) >= 11 is 0. The number of methoxy groups -OCH3 is 1. The number of aliphatic hydroxyl groups is 1. The van der Waals surface area contributed by atoms with Gasteiger partial charge in [-0.2, -0.15) is 5.26 Å². The summed E-state index contributed by atoms with van der Waals surface area (Å²) < 4.78 is 10.9. The van der Waals surface area contributed by atoms with Gasteiger partial charge in [-0.25, -0.2) is 4.98 Å². The second-order valence-corrected chi connectivity index (χ2v) is 6.51. The van der Waals surface area contributed by atoms with Crippen molar-refractivity contribution in [2.45, 2.75) is 18.4 Å². The topological polar surface area (TPSA) is 81.9 Å². The highest BCUT2D eigenvalue weighted by Gasteiger charge is 2.36. The fourth-order valence-corrected chi connectivity index (χ4v) is 3.53. The molecule has 0 aliphatic carbocycles. The van der Waals surface area contributed by atoms with Crippen LogP contribution in [0.2, 0.25) is 0 Å². The number of rotatable bonds is 4. The maximum Gasteiger partial charge on any atom is 0.233 e. The molecule has 0 amide bonds. The average Bonchev–Trinajstić information content (AvgIpc) is 3.01. The van der Waals surface area contributed by atoms with E-state index >= 15 is 0 Å². The van der Waals surface area contributed by atoms with Crippen LogP contribution in [0.5, 0.6) is 5.88 Å². The van der Waals surface area contributed by atoms with E-state index in [1.54, 1.807) is 12.3 Å². The molecule has 0 saturated carbocycles. The summed E-state index contributed by atoms with van der Waals surface area (Å²) in [7, 11) is 1.50. The van der Waals surface area contributed by atoms with Gasteiger partial charge in [0.25, 0.3) is 0 Å². The molecular formula is C17H24N4O3. The molecule has 0 unspecified atom stereocenters. The first-order chi connectivity index (χ1) is 11.6. The Hall–Kier alpha value is -1.88. The number of nitrogens with zero attached hydrogens (tertiary/aromatic N) is 4. The average molecular weight is 332 g/mol. The molecule has 2 saturated heterocycles. The first-order valence-electron chi connectivity index (χ1n) is 8.36. The standard InChI is InChI=1S/C17H24N4O3/c1-23-16-14(10-18)15(4-5-19-16)21-8-9-24-13-17(22,12-21)11-20-6-2-3-7-20/h4-5,22H,2-3,6-9,11-13H2,1H3/t17-/m0/s1. The first-order valence-corrected chi connectivity index (χ1v) is 8.36. The lowest BCUT2D eigenvalue weighted by Crippen LogP contribution is -2.52. The van der Waals surface area contributed by atoms with E-state index < -0.39 is 5.60 Å². The number of ether oxygens (including phenoxy) is 2. The smallest absolute Gasteiger partial charge is 0.233 e. The number of hydrogen-bond acceptors (Lipinski definition) is 7. The van der Waals surface area contributed by atoms with Crippen molar-refractivity contribution in [1.82, 2.24) is 9.88 Å². The largest absolute Gasteiger partial charge is 0.480 e. The van der Waals surface area contributed by atoms with Crippen LogP contribution in [-0.4, -0.2) is 73.6 Å². The maximum atomic E-state index is 11.1. The molecule has 1 N–H and O–H groups in total. The molecule has 3 rings (SSSR count). The minimum atomic E-state index is -0.954. The Balaban J connectivity index is 1.83. The van der Waals surface area contributed by atoms with Gasteiger partial charge in [0.1, 0.15) is 17.2 Å². The lowest BCUT2D eigenvalue weighted by atomic mass is 10.0. The second-order valence-electron chi connectivity index (χ2n) is 6.51. The highest BCUT2D eigenvalue weighted by atomic mass is 16.5. The van der Waals surface area contributed by atoms with Gasteiger partial charge in [0.2, 0.25) is 5.88 Å². The van der Waals surface area contributed by atoms with Crippen LogP contribution in [0.25, 0.3) is 0 Å². The van der Waals surface area contributed by atoms with Gasteiger partial charge in [0, 0.05) is 19.3 Å². The summed E-state index contributed by atoms with van der Waals surface area (Å²) in [4.78, 5) is 8.38. The van der Waals surface area contributed by atoms with Crippen molar-refractivity contribution in [1.29, 1.82) is 5.26 Å². The zero-order valence-corrected chi connectivity index (χ0v) is 14.1. The Morgan fingerprint density at radius 1 is 1.42 bits per heavy atom. The van der Waals surface area contributed by atoms with Crippen molar-refractivity contribution in [2.24, 2.45) is 0 Å². The van der Waals surface area contributed by atoms with Gasteiger partial charge in [0.15, 0.2) is 0 Å². The van der Waals surface area contributed by atoms with Crippen molar-refractivity contribution in [2.75, 3.05) is 57.9 Å². The quantitative estimate of drug-likeness (QED) is 0.866. The second kappa shape index (κ2) is 7.34. The fraction of sp³-hybridized carbons (Fsp3) is 0.647. The van der Waals surface area contributed by atoms with Crippen LogP contribution in [0.4, 0.5) is 5.69 Å². The molecule has 0 spiro atoms. The summed E-state index contributed by atoms with van der Waals surface area (Å²) in [6, 6.07) is 3.97. The SMILES string of the molecule is COc1nccc(N2CCOC[C@](O)(CN3CCCC3)C2)c1C#N. The zero-order chi connectivity index (χ0) is 17.0. The van der Waals surface area contributed by atoms with Crippen LogP contribution >= 0.6 is 0 Å². The van der Waals surface area contributed by atoms with E-state index in [-0.39, 0.29) is 0 Å². The molecule has 1 aromatic rings. The zero-order valence-electron chi connectivity index (χ0n) is 14.1. The normalized spacial score (nSPS) is 25.3. The molecule has 3 heterocycles. The van der Waals surface area contributed by atoms with Crippen molar-refractivity contribution in [3.05, 3.63) is 17.8 Å². The lowest BCUT2D eigenvalue weighted by molar-refractivity contribution is -0.0439. The van der Waals surface area contributed by atoms with E-state index in [1.807, 2.05) is 4.90 Å². The Bertz CT molecular complexity index is 612. The van der Waals surface area contributed by atoms with Crippen LogP contribution in [0.1, 0.15) is 18.4 Å². The van der Waals surface area contributed by atoms with E-state index in [9.17, 15) is 10.4 Å². The van der Waals surface area contributed by atoms with Crippen molar-refractivity contribution in [3.8, 4) is 11.9 Å². The van der Waals surface area contributed by atoms with E-state index in [0.717, 1.165) is 18.8 Å². The molecule has 7 heteroatoms. The molecule has 24 heavy (non-hydrogen) atoms. The van der Waals surface area contributed by atoms with E-state index in [1.165, 1.54) is 20.0 Å².